The van der Waals surface area contributed by atoms with Gasteiger partial charge in [0.05, 0.1) is 12.6 Å². The third kappa shape index (κ3) is 3.01. The molecule has 4 nitrogen and oxygen atoms in total. The number of hydrogen-bond donors (Lipinski definition) is 1. The van der Waals surface area contributed by atoms with E-state index in [1.165, 1.54) is 0 Å². The zero-order valence-corrected chi connectivity index (χ0v) is 9.83. The van der Waals surface area contributed by atoms with Crippen LogP contribution in [0.1, 0.15) is 36.8 Å². The predicted molar refractivity (Wildman–Crippen MR) is 61.8 cm³/mol. The molecule has 0 aromatic carbocycles. The maximum Gasteiger partial charge on any atom is 0.303 e. The first-order valence-corrected chi connectivity index (χ1v) is 6.65. The Morgan fingerprint density at radius 3 is 3.00 bits per heavy atom. The standard InChI is InChI=1S/C11H15NO3S/c13-10(14)2-1-9-7-12-11(15-9)8-3-5-16-6-4-8/h7-8H,1-6H2,(H,13,14). The van der Waals surface area contributed by atoms with E-state index in [-0.39, 0.29) is 6.42 Å². The summed E-state index contributed by atoms with van der Waals surface area (Å²) in [6.07, 6.45) is 4.44. The second kappa shape index (κ2) is 5.39. The Morgan fingerprint density at radius 2 is 2.31 bits per heavy atom. The van der Waals surface area contributed by atoms with E-state index in [1.807, 2.05) is 11.8 Å². The number of thioether (sulfide) groups is 1. The van der Waals surface area contributed by atoms with Gasteiger partial charge >= 0.3 is 5.97 Å². The first kappa shape index (κ1) is 11.5. The molecule has 0 unspecified atom stereocenters. The van der Waals surface area contributed by atoms with Crippen LogP contribution < -0.4 is 0 Å². The molecule has 88 valence electrons. The van der Waals surface area contributed by atoms with Crippen LogP contribution in [0.15, 0.2) is 10.6 Å². The smallest absolute Gasteiger partial charge is 0.303 e. The first-order valence-electron chi connectivity index (χ1n) is 5.50. The highest BCUT2D eigenvalue weighted by Gasteiger charge is 2.20. The molecule has 0 aliphatic carbocycles. The van der Waals surface area contributed by atoms with Crippen molar-refractivity contribution in [2.45, 2.75) is 31.6 Å². The van der Waals surface area contributed by atoms with Gasteiger partial charge in [-0.2, -0.15) is 11.8 Å². The Morgan fingerprint density at radius 1 is 1.56 bits per heavy atom. The van der Waals surface area contributed by atoms with Gasteiger partial charge in [-0.3, -0.25) is 4.79 Å². The fraction of sp³-hybridized carbons (Fsp3) is 0.636. The number of nitrogens with zero attached hydrogens (tertiary/aromatic N) is 1. The van der Waals surface area contributed by atoms with E-state index in [4.69, 9.17) is 9.52 Å². The maximum absolute atomic E-state index is 10.4. The van der Waals surface area contributed by atoms with Crippen LogP contribution in [-0.2, 0) is 11.2 Å². The van der Waals surface area contributed by atoms with Crippen molar-refractivity contribution in [1.82, 2.24) is 4.98 Å². The van der Waals surface area contributed by atoms with Crippen LogP contribution in [0.25, 0.3) is 0 Å². The highest BCUT2D eigenvalue weighted by molar-refractivity contribution is 7.99. The highest BCUT2D eigenvalue weighted by atomic mass is 32.2. The summed E-state index contributed by atoms with van der Waals surface area (Å²) in [5.74, 6) is 3.44. The summed E-state index contributed by atoms with van der Waals surface area (Å²) in [7, 11) is 0. The molecule has 0 amide bonds. The Kier molecular flexibility index (Phi) is 3.88. The van der Waals surface area contributed by atoms with E-state index in [0.717, 1.165) is 30.2 Å². The van der Waals surface area contributed by atoms with Crippen LogP contribution >= 0.6 is 11.8 Å². The lowest BCUT2D eigenvalue weighted by Gasteiger charge is -2.17. The molecule has 1 aliphatic heterocycles. The lowest BCUT2D eigenvalue weighted by molar-refractivity contribution is -0.137. The molecule has 2 rings (SSSR count). The van der Waals surface area contributed by atoms with Crippen molar-refractivity contribution in [3.8, 4) is 0 Å². The summed E-state index contributed by atoms with van der Waals surface area (Å²) in [5, 5.41) is 8.57. The summed E-state index contributed by atoms with van der Waals surface area (Å²) in [4.78, 5) is 14.7. The van der Waals surface area contributed by atoms with Crippen molar-refractivity contribution in [2.75, 3.05) is 11.5 Å². The van der Waals surface area contributed by atoms with Crippen molar-refractivity contribution in [3.63, 3.8) is 0 Å². The minimum Gasteiger partial charge on any atom is -0.481 e. The summed E-state index contributed by atoms with van der Waals surface area (Å²) in [6, 6.07) is 0. The molecular weight excluding hydrogens is 226 g/mol. The average Bonchev–Trinajstić information content (AvgIpc) is 2.76. The van der Waals surface area contributed by atoms with Crippen LogP contribution in [-0.4, -0.2) is 27.6 Å². The van der Waals surface area contributed by atoms with Gasteiger partial charge in [-0.25, -0.2) is 4.98 Å². The number of oxazole rings is 1. The van der Waals surface area contributed by atoms with E-state index in [0.29, 0.717) is 18.1 Å². The molecule has 1 fully saturated rings. The summed E-state index contributed by atoms with van der Waals surface area (Å²) >= 11 is 1.97. The number of aliphatic carboxylic acids is 1. The molecular formula is C11H15NO3S. The van der Waals surface area contributed by atoms with E-state index in [9.17, 15) is 4.79 Å². The molecule has 1 saturated heterocycles. The number of carbonyl (C=O) groups is 1. The van der Waals surface area contributed by atoms with Gasteiger partial charge in [0.25, 0.3) is 0 Å². The monoisotopic (exact) mass is 241 g/mol. The van der Waals surface area contributed by atoms with Crippen molar-refractivity contribution in [2.24, 2.45) is 0 Å². The highest BCUT2D eigenvalue weighted by Crippen LogP contribution is 2.31. The number of hydrogen-bond acceptors (Lipinski definition) is 4. The van der Waals surface area contributed by atoms with Gasteiger partial charge in [-0.05, 0) is 24.3 Å². The Labute approximate surface area is 98.4 Å². The minimum absolute atomic E-state index is 0.106. The molecule has 0 bridgehead atoms. The molecule has 1 N–H and O–H groups in total. The van der Waals surface area contributed by atoms with Crippen LogP contribution in [0, 0.1) is 0 Å². The van der Waals surface area contributed by atoms with Gasteiger partial charge in [-0.1, -0.05) is 0 Å². The molecule has 1 aromatic heterocycles. The van der Waals surface area contributed by atoms with E-state index < -0.39 is 5.97 Å². The SMILES string of the molecule is O=C(O)CCc1cnc(C2CCSCC2)o1. The minimum atomic E-state index is -0.799. The van der Waals surface area contributed by atoms with Crippen LogP contribution in [0.4, 0.5) is 0 Å². The molecule has 1 aliphatic rings. The molecule has 16 heavy (non-hydrogen) atoms. The fourth-order valence-electron chi connectivity index (χ4n) is 1.80. The number of aryl methyl sites for hydroxylation is 1. The quantitative estimate of drug-likeness (QED) is 0.876. The number of carboxylic acid groups (broad SMARTS) is 1. The fourth-order valence-corrected chi connectivity index (χ4v) is 2.91. The van der Waals surface area contributed by atoms with Gasteiger partial charge in [0, 0.05) is 12.3 Å². The number of aromatic nitrogens is 1. The van der Waals surface area contributed by atoms with E-state index >= 15 is 0 Å². The molecule has 2 heterocycles. The van der Waals surface area contributed by atoms with Crippen LogP contribution in [0.3, 0.4) is 0 Å². The maximum atomic E-state index is 10.4. The van der Waals surface area contributed by atoms with E-state index in [1.54, 1.807) is 6.20 Å². The zero-order chi connectivity index (χ0) is 11.4. The second-order valence-electron chi connectivity index (χ2n) is 3.95. The van der Waals surface area contributed by atoms with Gasteiger partial charge < -0.3 is 9.52 Å². The van der Waals surface area contributed by atoms with E-state index in [2.05, 4.69) is 4.98 Å². The summed E-state index contributed by atoms with van der Waals surface area (Å²) < 4.78 is 5.59. The lowest BCUT2D eigenvalue weighted by Crippen LogP contribution is -2.07. The second-order valence-corrected chi connectivity index (χ2v) is 5.17. The van der Waals surface area contributed by atoms with Crippen molar-refractivity contribution < 1.29 is 14.3 Å². The normalized spacial score (nSPS) is 17.5. The van der Waals surface area contributed by atoms with Crippen molar-refractivity contribution in [1.29, 1.82) is 0 Å². The topological polar surface area (TPSA) is 63.3 Å². The number of rotatable bonds is 4. The molecule has 0 atom stereocenters. The zero-order valence-electron chi connectivity index (χ0n) is 9.02. The molecule has 0 spiro atoms. The van der Waals surface area contributed by atoms with Crippen molar-refractivity contribution >= 4 is 17.7 Å². The van der Waals surface area contributed by atoms with Gasteiger partial charge in [-0.15, -0.1) is 0 Å². The lowest BCUT2D eigenvalue weighted by atomic mass is 10.0. The molecule has 0 radical (unpaired) electrons. The first-order chi connectivity index (χ1) is 7.75. The Hall–Kier alpha value is -0.970. The Balaban J connectivity index is 1.93. The average molecular weight is 241 g/mol. The molecule has 0 saturated carbocycles. The van der Waals surface area contributed by atoms with Crippen LogP contribution in [0.2, 0.25) is 0 Å². The van der Waals surface area contributed by atoms with Gasteiger partial charge in [0.1, 0.15) is 5.76 Å². The predicted octanol–water partition coefficient (Wildman–Crippen LogP) is 2.30. The van der Waals surface area contributed by atoms with Gasteiger partial charge in [0.2, 0.25) is 0 Å². The summed E-state index contributed by atoms with van der Waals surface area (Å²) in [6.45, 7) is 0. The summed E-state index contributed by atoms with van der Waals surface area (Å²) in [5.41, 5.74) is 0. The Bertz CT molecular complexity index is 358. The molecule has 1 aromatic rings. The third-order valence-electron chi connectivity index (χ3n) is 2.73. The number of carboxylic acids is 1. The van der Waals surface area contributed by atoms with Crippen molar-refractivity contribution in [3.05, 3.63) is 17.8 Å². The van der Waals surface area contributed by atoms with Crippen LogP contribution in [0.5, 0.6) is 0 Å². The molecule has 5 heteroatoms. The van der Waals surface area contributed by atoms with Gasteiger partial charge in [0.15, 0.2) is 5.89 Å². The largest absolute Gasteiger partial charge is 0.481 e. The third-order valence-corrected chi connectivity index (χ3v) is 3.78.